The number of carbonyl (C=O) groups excluding carboxylic acids is 1. The van der Waals surface area contributed by atoms with Gasteiger partial charge in [0.25, 0.3) is 0 Å². The highest BCUT2D eigenvalue weighted by Gasteiger charge is 2.93. The van der Waals surface area contributed by atoms with Gasteiger partial charge < -0.3 is 59.5 Å². The van der Waals surface area contributed by atoms with Crippen LogP contribution in [-0.4, -0.2) is 114 Å². The molecule has 8 N–H and O–H groups in total. The third-order valence-corrected chi connectivity index (χ3v) is 12.5. The van der Waals surface area contributed by atoms with Gasteiger partial charge in [-0.05, 0) is 25.3 Å². The molecule has 2 saturated heterocycles. The number of aliphatic hydroxyl groups excluding tert-OH is 6. The topological polar surface area (TPSA) is 223 Å². The van der Waals surface area contributed by atoms with Crippen LogP contribution in [0.4, 0.5) is 0 Å². The van der Waals surface area contributed by atoms with E-state index in [0.717, 1.165) is 6.92 Å². The van der Waals surface area contributed by atoms with Crippen molar-refractivity contribution in [3.05, 3.63) is 24.2 Å². The van der Waals surface area contributed by atoms with Crippen molar-refractivity contribution in [3.8, 4) is 0 Å². The minimum atomic E-state index is -2.09. The molecular formula is C28H38O13. The Morgan fingerprint density at radius 2 is 1.80 bits per heavy atom. The minimum absolute atomic E-state index is 0.132. The van der Waals surface area contributed by atoms with Crippen LogP contribution in [0.3, 0.4) is 0 Å². The maximum Gasteiger partial charge on any atom is 0.303 e. The van der Waals surface area contributed by atoms with Crippen LogP contribution < -0.4 is 0 Å². The molecule has 2 bridgehead atoms. The molecule has 16 unspecified atom stereocenters. The highest BCUT2D eigenvalue weighted by molar-refractivity contribution is 5.66. The van der Waals surface area contributed by atoms with Gasteiger partial charge in [0.05, 0.1) is 61.0 Å². The van der Waals surface area contributed by atoms with Gasteiger partial charge in [-0.2, -0.15) is 0 Å². The molecule has 6 fully saturated rings. The van der Waals surface area contributed by atoms with Gasteiger partial charge in [-0.15, -0.1) is 0 Å². The fraction of sp³-hybridized carbons (Fsp3) is 0.821. The maximum atomic E-state index is 12.3. The summed E-state index contributed by atoms with van der Waals surface area (Å²) in [7, 11) is 0. The van der Waals surface area contributed by atoms with Crippen molar-refractivity contribution in [1.82, 2.24) is 0 Å². The standard InChI is InChI=1S/C28H38O13/c1-11(30)40-21-17(33)20(34)25-10-39-22(35)23(21,2)13(25)6-14(31)26(9-29)19(25)16(32)18-24(3,36)27(37,12-4-5-38-8-12)7-15-28(18,26)41-15/h4-5,8,13-22,29,31-37H,6-7,9-10H2,1-3H3. The summed E-state index contributed by atoms with van der Waals surface area (Å²) in [6.07, 6.45) is -7.85. The molecule has 41 heavy (non-hydrogen) atoms. The van der Waals surface area contributed by atoms with Crippen LogP contribution in [0.15, 0.2) is 23.0 Å². The van der Waals surface area contributed by atoms with E-state index in [1.807, 2.05) is 0 Å². The molecule has 4 aliphatic carbocycles. The second kappa shape index (κ2) is 8.08. The summed E-state index contributed by atoms with van der Waals surface area (Å²) >= 11 is 0. The first kappa shape index (κ1) is 28.1. The maximum absolute atomic E-state index is 12.3. The van der Waals surface area contributed by atoms with Crippen molar-refractivity contribution in [2.45, 2.75) is 93.3 Å². The molecule has 0 amide bonds. The van der Waals surface area contributed by atoms with E-state index in [0.29, 0.717) is 0 Å². The Balaban J connectivity index is 1.44. The number of fused-ring (bicyclic) bond motifs is 1. The van der Waals surface area contributed by atoms with Crippen LogP contribution >= 0.6 is 0 Å². The van der Waals surface area contributed by atoms with Crippen molar-refractivity contribution >= 4 is 5.97 Å². The lowest BCUT2D eigenvalue weighted by Crippen LogP contribution is -2.80. The fourth-order valence-corrected chi connectivity index (χ4v) is 10.9. The predicted molar refractivity (Wildman–Crippen MR) is 132 cm³/mol. The first-order valence-electron chi connectivity index (χ1n) is 14.1. The second-order valence-corrected chi connectivity index (χ2v) is 13.7. The van der Waals surface area contributed by atoms with Gasteiger partial charge in [-0.25, -0.2) is 0 Å². The quantitative estimate of drug-likeness (QED) is 0.139. The monoisotopic (exact) mass is 582 g/mol. The van der Waals surface area contributed by atoms with Crippen molar-refractivity contribution in [3.63, 3.8) is 0 Å². The zero-order chi connectivity index (χ0) is 29.7. The number of rotatable bonds is 3. The molecule has 1 spiro atoms. The van der Waals surface area contributed by atoms with Crippen LogP contribution in [0.1, 0.15) is 39.2 Å². The van der Waals surface area contributed by atoms with Gasteiger partial charge in [-0.1, -0.05) is 6.92 Å². The normalized spacial score (nSPS) is 60.4. The van der Waals surface area contributed by atoms with E-state index < -0.39 is 106 Å². The molecule has 16 atom stereocenters. The third-order valence-electron chi connectivity index (χ3n) is 12.5. The first-order valence-corrected chi connectivity index (χ1v) is 14.1. The number of esters is 1. The van der Waals surface area contributed by atoms with Gasteiger partial charge in [0, 0.05) is 36.2 Å². The smallest absolute Gasteiger partial charge is 0.303 e. The van der Waals surface area contributed by atoms with Crippen LogP contribution in [0.2, 0.25) is 0 Å². The van der Waals surface area contributed by atoms with Crippen LogP contribution in [0, 0.1) is 34.0 Å². The number of carbonyl (C=O) groups is 1. The number of aliphatic hydroxyl groups is 8. The van der Waals surface area contributed by atoms with E-state index >= 15 is 0 Å². The summed E-state index contributed by atoms with van der Waals surface area (Å²) in [4.78, 5) is 12.0. The molecule has 4 saturated carbocycles. The first-order chi connectivity index (χ1) is 19.1. The van der Waals surface area contributed by atoms with Crippen LogP contribution in [0.5, 0.6) is 0 Å². The molecule has 2 aliphatic heterocycles. The van der Waals surface area contributed by atoms with Gasteiger partial charge in [-0.3, -0.25) is 4.79 Å². The van der Waals surface area contributed by atoms with Crippen molar-refractivity contribution in [2.24, 2.45) is 34.0 Å². The van der Waals surface area contributed by atoms with E-state index in [4.69, 9.17) is 18.6 Å². The highest BCUT2D eigenvalue weighted by Crippen LogP contribution is 2.81. The summed E-state index contributed by atoms with van der Waals surface area (Å²) in [6, 6.07) is 1.50. The van der Waals surface area contributed by atoms with E-state index in [2.05, 4.69) is 0 Å². The van der Waals surface area contributed by atoms with Crippen LogP contribution in [-0.2, 0) is 24.6 Å². The second-order valence-electron chi connectivity index (χ2n) is 13.7. The zero-order valence-corrected chi connectivity index (χ0v) is 23.0. The van der Waals surface area contributed by atoms with Gasteiger partial charge >= 0.3 is 5.97 Å². The Kier molecular flexibility index (Phi) is 5.55. The Bertz CT molecular complexity index is 1250. The summed E-state index contributed by atoms with van der Waals surface area (Å²) in [5, 5.41) is 94.1. The lowest BCUT2D eigenvalue weighted by molar-refractivity contribution is -0.392. The van der Waals surface area contributed by atoms with E-state index in [-0.39, 0.29) is 25.0 Å². The molecule has 13 heteroatoms. The SMILES string of the molecule is CC(=O)OC1C(O)C(O)C23COC(O)C1(C)C2CC(O)C1(CO)C3C(O)C2C(C)(O)C(O)(c3ccoc3)CC3OC321. The molecule has 6 aliphatic rings. The molecule has 0 radical (unpaired) electrons. The molecule has 1 aromatic heterocycles. The van der Waals surface area contributed by atoms with Crippen molar-refractivity contribution in [2.75, 3.05) is 13.2 Å². The van der Waals surface area contributed by atoms with Crippen molar-refractivity contribution in [1.29, 1.82) is 0 Å². The van der Waals surface area contributed by atoms with Gasteiger partial charge in [0.15, 0.2) is 6.29 Å². The number of ether oxygens (including phenoxy) is 3. The van der Waals surface area contributed by atoms with E-state index in [9.17, 15) is 45.6 Å². The van der Waals surface area contributed by atoms with E-state index in [1.54, 1.807) is 0 Å². The zero-order valence-electron chi connectivity index (χ0n) is 23.0. The molecule has 228 valence electrons. The van der Waals surface area contributed by atoms with Gasteiger partial charge in [0.2, 0.25) is 0 Å². The Morgan fingerprint density at radius 3 is 2.41 bits per heavy atom. The fourth-order valence-electron chi connectivity index (χ4n) is 10.9. The predicted octanol–water partition coefficient (Wildman–Crippen LogP) is -2.27. The Morgan fingerprint density at radius 1 is 1.10 bits per heavy atom. The lowest BCUT2D eigenvalue weighted by Gasteiger charge is -2.70. The number of epoxide rings is 1. The molecule has 7 rings (SSSR count). The van der Waals surface area contributed by atoms with Crippen LogP contribution in [0.25, 0.3) is 0 Å². The number of furan rings is 1. The highest BCUT2D eigenvalue weighted by atomic mass is 16.6. The minimum Gasteiger partial charge on any atom is -0.472 e. The summed E-state index contributed by atoms with van der Waals surface area (Å²) in [5.74, 6) is -4.18. The Hall–Kier alpha value is -1.65. The number of hydrogen-bond acceptors (Lipinski definition) is 13. The average molecular weight is 583 g/mol. The Labute approximate surface area is 235 Å². The molecule has 13 nitrogen and oxygen atoms in total. The van der Waals surface area contributed by atoms with Crippen molar-refractivity contribution < 1.29 is 64.3 Å². The summed E-state index contributed by atoms with van der Waals surface area (Å²) in [6.45, 7) is 2.94. The molecule has 0 aromatic carbocycles. The van der Waals surface area contributed by atoms with E-state index in [1.165, 1.54) is 32.4 Å². The molecule has 1 aromatic rings. The largest absolute Gasteiger partial charge is 0.472 e. The number of hydrogen-bond donors (Lipinski definition) is 8. The summed E-state index contributed by atoms with van der Waals surface area (Å²) < 4.78 is 22.7. The lowest BCUT2D eigenvalue weighted by atomic mass is 9.38. The molecule has 3 heterocycles. The van der Waals surface area contributed by atoms with Gasteiger partial charge in [0.1, 0.15) is 29.0 Å². The third kappa shape index (κ3) is 2.73. The summed E-state index contributed by atoms with van der Waals surface area (Å²) in [5.41, 5.74) is -10.1. The average Bonchev–Trinajstić information content (AvgIpc) is 3.25. The molecular weight excluding hydrogens is 544 g/mol.